The summed E-state index contributed by atoms with van der Waals surface area (Å²) in [6.07, 6.45) is 6.38. The van der Waals surface area contributed by atoms with E-state index < -0.39 is 12.0 Å². The number of nitrogens with one attached hydrogen (secondary N) is 1. The number of aliphatic carboxylic acids is 1. The van der Waals surface area contributed by atoms with Crippen LogP contribution >= 0.6 is 0 Å². The molecule has 0 spiro atoms. The molecule has 0 aromatic rings. The van der Waals surface area contributed by atoms with Crippen LogP contribution in [0.4, 0.5) is 0 Å². The minimum Gasteiger partial charge on any atom is -0.480 e. The molecule has 4 aliphatic rings. The number of carboxylic acid groups (broad SMARTS) is 1. The van der Waals surface area contributed by atoms with Crippen molar-refractivity contribution >= 4 is 11.9 Å². The highest BCUT2D eigenvalue weighted by atomic mass is 16.4. The van der Waals surface area contributed by atoms with Crippen LogP contribution in [0.1, 0.15) is 66.2 Å². The summed E-state index contributed by atoms with van der Waals surface area (Å²) < 4.78 is 0. The molecule has 1 atom stereocenters. The third-order valence-electron chi connectivity index (χ3n) is 6.06. The fourth-order valence-electron chi connectivity index (χ4n) is 6.94. The number of rotatable bonds is 3. The van der Waals surface area contributed by atoms with Crippen molar-refractivity contribution in [1.82, 2.24) is 5.32 Å². The van der Waals surface area contributed by atoms with Crippen molar-refractivity contribution in [2.45, 2.75) is 72.3 Å². The molecule has 0 radical (unpaired) electrons. The SMILES string of the molecule is C[C@H](NC(=O)C12CC3(C)CC(C)(CC(C)(C3)C1)C2)C(=O)O. The standard InChI is InChI=1S/C17H27NO3/c1-11(12(19)20)18-13(21)17-8-14(2)5-15(3,9-17)7-16(4,6-14)10-17/h11H,5-10H2,1-4H3,(H,18,21)(H,19,20)/t11-,14?,15?,16?,17?/m0/s1. The molecule has 0 heterocycles. The smallest absolute Gasteiger partial charge is 0.325 e. The Bertz CT molecular complexity index is 459. The van der Waals surface area contributed by atoms with Crippen LogP contribution in [0.3, 0.4) is 0 Å². The summed E-state index contributed by atoms with van der Waals surface area (Å²) in [4.78, 5) is 23.9. The quantitative estimate of drug-likeness (QED) is 0.840. The molecule has 0 aliphatic heterocycles. The molecule has 4 heteroatoms. The van der Waals surface area contributed by atoms with Crippen molar-refractivity contribution in [3.63, 3.8) is 0 Å². The van der Waals surface area contributed by atoms with E-state index >= 15 is 0 Å². The van der Waals surface area contributed by atoms with Crippen molar-refractivity contribution in [2.24, 2.45) is 21.7 Å². The van der Waals surface area contributed by atoms with Gasteiger partial charge < -0.3 is 10.4 Å². The summed E-state index contributed by atoms with van der Waals surface area (Å²) in [6, 6.07) is -0.807. The molecule has 4 aliphatic carbocycles. The van der Waals surface area contributed by atoms with Gasteiger partial charge in [0.15, 0.2) is 0 Å². The van der Waals surface area contributed by atoms with Gasteiger partial charge in [-0.2, -0.15) is 0 Å². The predicted molar refractivity (Wildman–Crippen MR) is 79.7 cm³/mol. The molecule has 4 nitrogen and oxygen atoms in total. The predicted octanol–water partition coefficient (Wildman–Crippen LogP) is 2.96. The molecule has 0 aromatic heterocycles. The molecule has 0 saturated heterocycles. The van der Waals surface area contributed by atoms with Crippen LogP contribution in [-0.2, 0) is 9.59 Å². The number of hydrogen-bond donors (Lipinski definition) is 2. The maximum atomic E-state index is 12.9. The van der Waals surface area contributed by atoms with Crippen molar-refractivity contribution < 1.29 is 14.7 Å². The zero-order valence-corrected chi connectivity index (χ0v) is 13.6. The molecule has 4 fully saturated rings. The lowest BCUT2D eigenvalue weighted by Crippen LogP contribution is -2.63. The van der Waals surface area contributed by atoms with E-state index in [9.17, 15) is 9.59 Å². The maximum Gasteiger partial charge on any atom is 0.325 e. The summed E-state index contributed by atoms with van der Waals surface area (Å²) in [7, 11) is 0. The molecule has 1 amide bonds. The molecule has 118 valence electrons. The van der Waals surface area contributed by atoms with Crippen molar-refractivity contribution in [3.05, 3.63) is 0 Å². The highest BCUT2D eigenvalue weighted by molar-refractivity contribution is 5.87. The Balaban J connectivity index is 1.91. The van der Waals surface area contributed by atoms with Crippen molar-refractivity contribution in [2.75, 3.05) is 0 Å². The van der Waals surface area contributed by atoms with Gasteiger partial charge in [0.25, 0.3) is 0 Å². The summed E-state index contributed by atoms with van der Waals surface area (Å²) in [6.45, 7) is 8.52. The Morgan fingerprint density at radius 3 is 1.62 bits per heavy atom. The van der Waals surface area contributed by atoms with Gasteiger partial charge in [-0.15, -0.1) is 0 Å². The fourth-order valence-corrected chi connectivity index (χ4v) is 6.94. The van der Waals surface area contributed by atoms with E-state index in [-0.39, 0.29) is 27.6 Å². The van der Waals surface area contributed by atoms with Crippen LogP contribution in [-0.4, -0.2) is 23.0 Å². The Labute approximate surface area is 126 Å². The summed E-state index contributed by atoms with van der Waals surface area (Å²) in [5.74, 6) is -0.989. The molecule has 2 N–H and O–H groups in total. The normalized spacial score (nSPS) is 49.0. The van der Waals surface area contributed by atoms with E-state index in [1.165, 1.54) is 19.3 Å². The van der Waals surface area contributed by atoms with E-state index in [4.69, 9.17) is 5.11 Å². The van der Waals surface area contributed by atoms with E-state index in [1.807, 2.05) is 0 Å². The molecule has 0 unspecified atom stereocenters. The minimum absolute atomic E-state index is 0.0276. The first-order valence-corrected chi connectivity index (χ1v) is 8.03. The second-order valence-electron chi connectivity index (χ2n) is 9.31. The van der Waals surface area contributed by atoms with Gasteiger partial charge in [-0.05, 0) is 61.7 Å². The van der Waals surface area contributed by atoms with Gasteiger partial charge in [0, 0.05) is 0 Å². The zero-order chi connectivity index (χ0) is 15.7. The lowest BCUT2D eigenvalue weighted by Gasteiger charge is -2.68. The van der Waals surface area contributed by atoms with E-state index in [2.05, 4.69) is 26.1 Å². The first kappa shape index (κ1) is 14.9. The van der Waals surface area contributed by atoms with Crippen LogP contribution in [0, 0.1) is 21.7 Å². The minimum atomic E-state index is -0.961. The second kappa shape index (κ2) is 4.02. The van der Waals surface area contributed by atoms with E-state index in [0.29, 0.717) is 0 Å². The van der Waals surface area contributed by atoms with E-state index in [1.54, 1.807) is 6.92 Å². The average molecular weight is 293 g/mol. The highest BCUT2D eigenvalue weighted by Crippen LogP contribution is 2.73. The van der Waals surface area contributed by atoms with Crippen molar-refractivity contribution in [3.8, 4) is 0 Å². The van der Waals surface area contributed by atoms with E-state index in [0.717, 1.165) is 19.3 Å². The second-order valence-corrected chi connectivity index (χ2v) is 9.31. The molecule has 4 rings (SSSR count). The topological polar surface area (TPSA) is 66.4 Å². The van der Waals surface area contributed by atoms with Crippen LogP contribution in [0.15, 0.2) is 0 Å². The van der Waals surface area contributed by atoms with Gasteiger partial charge >= 0.3 is 5.97 Å². The molecule has 4 bridgehead atoms. The number of carbonyl (C=O) groups is 2. The Hall–Kier alpha value is -1.06. The van der Waals surface area contributed by atoms with Crippen LogP contribution in [0.25, 0.3) is 0 Å². The molecule has 4 saturated carbocycles. The third kappa shape index (κ3) is 2.27. The van der Waals surface area contributed by atoms with Gasteiger partial charge in [0.05, 0.1) is 5.41 Å². The van der Waals surface area contributed by atoms with Gasteiger partial charge in [-0.1, -0.05) is 20.8 Å². The first-order chi connectivity index (χ1) is 9.49. The lowest BCUT2D eigenvalue weighted by molar-refractivity contribution is -0.192. The van der Waals surface area contributed by atoms with Gasteiger partial charge in [0.2, 0.25) is 5.91 Å². The Morgan fingerprint density at radius 1 is 0.905 bits per heavy atom. The first-order valence-electron chi connectivity index (χ1n) is 8.03. The average Bonchev–Trinajstić information content (AvgIpc) is 2.21. The largest absolute Gasteiger partial charge is 0.480 e. The Morgan fingerprint density at radius 2 is 1.29 bits per heavy atom. The molecule has 21 heavy (non-hydrogen) atoms. The van der Waals surface area contributed by atoms with Gasteiger partial charge in [-0.3, -0.25) is 9.59 Å². The van der Waals surface area contributed by atoms with Crippen LogP contribution in [0.2, 0.25) is 0 Å². The van der Waals surface area contributed by atoms with Crippen LogP contribution in [0.5, 0.6) is 0 Å². The Kier molecular flexibility index (Phi) is 2.84. The number of amides is 1. The number of carbonyl (C=O) groups excluding carboxylic acids is 1. The highest BCUT2D eigenvalue weighted by Gasteiger charge is 2.66. The summed E-state index contributed by atoms with van der Waals surface area (Å²) >= 11 is 0. The molecular weight excluding hydrogens is 266 g/mol. The van der Waals surface area contributed by atoms with Gasteiger partial charge in [-0.25, -0.2) is 0 Å². The summed E-state index contributed by atoms with van der Waals surface area (Å²) in [5, 5.41) is 11.8. The fraction of sp³-hybridized carbons (Fsp3) is 0.882. The maximum absolute atomic E-state index is 12.9. The third-order valence-corrected chi connectivity index (χ3v) is 6.06. The summed E-state index contributed by atoms with van der Waals surface area (Å²) in [5.41, 5.74) is 0.364. The molecule has 0 aromatic carbocycles. The number of hydrogen-bond acceptors (Lipinski definition) is 2. The molecular formula is C17H27NO3. The monoisotopic (exact) mass is 293 g/mol. The number of carboxylic acids is 1. The van der Waals surface area contributed by atoms with Gasteiger partial charge in [0.1, 0.15) is 6.04 Å². The lowest BCUT2D eigenvalue weighted by atomic mass is 9.36. The zero-order valence-electron chi connectivity index (χ0n) is 13.6. The van der Waals surface area contributed by atoms with Crippen molar-refractivity contribution in [1.29, 1.82) is 0 Å². The van der Waals surface area contributed by atoms with Crippen LogP contribution < -0.4 is 5.32 Å².